The monoisotopic (exact) mass is 544 g/mol. The van der Waals surface area contributed by atoms with E-state index < -0.39 is 11.8 Å². The molecule has 0 aliphatic carbocycles. The first-order chi connectivity index (χ1) is 17.2. The van der Waals surface area contributed by atoms with Crippen molar-refractivity contribution in [3.63, 3.8) is 0 Å². The van der Waals surface area contributed by atoms with Gasteiger partial charge < -0.3 is 10.6 Å². The van der Waals surface area contributed by atoms with Crippen molar-refractivity contribution in [2.45, 2.75) is 13.8 Å². The Kier molecular flexibility index (Phi) is 7.36. The number of rotatable bonds is 6. The van der Waals surface area contributed by atoms with Crippen molar-refractivity contribution >= 4 is 39.5 Å². The van der Waals surface area contributed by atoms with Crippen molar-refractivity contribution in [1.82, 2.24) is 14.7 Å². The zero-order valence-corrected chi connectivity index (χ0v) is 21.7. The number of amides is 2. The molecule has 2 N–H and O–H groups in total. The van der Waals surface area contributed by atoms with Crippen LogP contribution in [0.2, 0.25) is 0 Å². The van der Waals surface area contributed by atoms with Gasteiger partial charge in [-0.2, -0.15) is 0 Å². The molecule has 182 valence electrons. The first-order valence-electron chi connectivity index (χ1n) is 11.3. The summed E-state index contributed by atoms with van der Waals surface area (Å²) in [5, 5.41) is 5.43. The van der Waals surface area contributed by atoms with E-state index in [1.54, 1.807) is 36.9 Å². The summed E-state index contributed by atoms with van der Waals surface area (Å²) in [5.74, 6) is -1.04. The van der Waals surface area contributed by atoms with Crippen LogP contribution in [0.1, 0.15) is 27.2 Å². The minimum absolute atomic E-state index is 0.0109. The summed E-state index contributed by atoms with van der Waals surface area (Å²) in [7, 11) is 1.75. The van der Waals surface area contributed by atoms with E-state index in [0.717, 1.165) is 10.0 Å². The lowest BCUT2D eigenvalue weighted by Gasteiger charge is -2.11. The lowest BCUT2D eigenvalue weighted by atomic mass is 10.1. The Morgan fingerprint density at radius 1 is 0.889 bits per heavy atom. The number of aryl methyl sites for hydroxylation is 1. The van der Waals surface area contributed by atoms with Crippen molar-refractivity contribution in [2.24, 2.45) is 7.05 Å². The zero-order valence-electron chi connectivity index (χ0n) is 20.1. The molecule has 0 radical (unpaired) electrons. The number of anilines is 1. The molecule has 0 spiro atoms. The number of hydrogen-bond acceptors (Lipinski definition) is 3. The molecule has 1 aromatic heterocycles. The van der Waals surface area contributed by atoms with Crippen LogP contribution in [0.4, 0.5) is 5.69 Å². The zero-order chi connectivity index (χ0) is 25.8. The Morgan fingerprint density at radius 3 is 2.17 bits per heavy atom. The first kappa shape index (κ1) is 24.9. The van der Waals surface area contributed by atoms with E-state index in [1.807, 2.05) is 73.7 Å². The fraction of sp³-hybridized carbons (Fsp3) is 0.107. The van der Waals surface area contributed by atoms with E-state index in [4.69, 9.17) is 0 Å². The van der Waals surface area contributed by atoms with E-state index in [0.29, 0.717) is 22.5 Å². The standard InChI is InChI=1S/C28H25BrN4O3/c1-18-9-13-21(14-10-18)26(34)30-24(17-20-11-15-22(29)16-12-20)27(35)31-25-19(2)32(3)33(28(25)36)23-7-5-4-6-8-23/h4-17H,1-3H3,(H,30,34)(H,31,35). The third-order valence-electron chi connectivity index (χ3n) is 5.78. The van der Waals surface area contributed by atoms with E-state index >= 15 is 0 Å². The third-order valence-corrected chi connectivity index (χ3v) is 6.31. The van der Waals surface area contributed by atoms with Gasteiger partial charge in [0.15, 0.2) is 0 Å². The van der Waals surface area contributed by atoms with Crippen molar-refractivity contribution in [3.05, 3.63) is 122 Å². The summed E-state index contributed by atoms with van der Waals surface area (Å²) in [6.45, 7) is 3.68. The SMILES string of the molecule is Cc1ccc(C(=O)NC(=Cc2ccc(Br)cc2)C(=O)Nc2c(C)n(C)n(-c3ccccc3)c2=O)cc1. The first-order valence-corrected chi connectivity index (χ1v) is 12.0. The molecule has 0 fully saturated rings. The van der Waals surface area contributed by atoms with Gasteiger partial charge in [-0.3, -0.25) is 19.1 Å². The Bertz CT molecular complexity index is 1500. The van der Waals surface area contributed by atoms with E-state index in [1.165, 1.54) is 4.68 Å². The third kappa shape index (κ3) is 5.39. The molecule has 4 aromatic rings. The summed E-state index contributed by atoms with van der Waals surface area (Å²) >= 11 is 3.40. The van der Waals surface area contributed by atoms with Crippen LogP contribution < -0.4 is 16.2 Å². The van der Waals surface area contributed by atoms with Crippen molar-refractivity contribution < 1.29 is 9.59 Å². The maximum Gasteiger partial charge on any atom is 0.295 e. The fourth-order valence-corrected chi connectivity index (χ4v) is 3.94. The molecular formula is C28H25BrN4O3. The highest BCUT2D eigenvalue weighted by atomic mass is 79.9. The van der Waals surface area contributed by atoms with Crippen LogP contribution in [-0.4, -0.2) is 21.2 Å². The second kappa shape index (κ2) is 10.6. The summed E-state index contributed by atoms with van der Waals surface area (Å²) in [6, 6.07) is 23.5. The topological polar surface area (TPSA) is 85.1 Å². The lowest BCUT2D eigenvalue weighted by molar-refractivity contribution is -0.113. The highest BCUT2D eigenvalue weighted by molar-refractivity contribution is 9.10. The molecule has 3 aromatic carbocycles. The Balaban J connectivity index is 1.69. The van der Waals surface area contributed by atoms with Crippen molar-refractivity contribution in [3.8, 4) is 5.69 Å². The van der Waals surface area contributed by atoms with Gasteiger partial charge >= 0.3 is 0 Å². The van der Waals surface area contributed by atoms with Gasteiger partial charge in [0.05, 0.1) is 11.4 Å². The van der Waals surface area contributed by atoms with E-state index in [-0.39, 0.29) is 16.9 Å². The number of para-hydroxylation sites is 1. The largest absolute Gasteiger partial charge is 0.317 e. The quantitative estimate of drug-likeness (QED) is 0.336. The number of carbonyl (C=O) groups is 2. The summed E-state index contributed by atoms with van der Waals surface area (Å²) in [4.78, 5) is 39.6. The number of hydrogen-bond donors (Lipinski definition) is 2. The fourth-order valence-electron chi connectivity index (χ4n) is 3.68. The van der Waals surface area contributed by atoms with Gasteiger partial charge in [0.1, 0.15) is 11.4 Å². The average Bonchev–Trinajstić information content (AvgIpc) is 3.08. The number of carbonyl (C=O) groups excluding carboxylic acids is 2. The molecule has 0 bridgehead atoms. The second-order valence-corrected chi connectivity index (χ2v) is 9.24. The highest BCUT2D eigenvalue weighted by Crippen LogP contribution is 2.17. The lowest BCUT2D eigenvalue weighted by Crippen LogP contribution is -2.32. The Hall–Kier alpha value is -4.17. The van der Waals surface area contributed by atoms with Gasteiger partial charge in [-0.25, -0.2) is 4.68 Å². The summed E-state index contributed by atoms with van der Waals surface area (Å²) in [6.07, 6.45) is 1.57. The molecule has 0 saturated carbocycles. The molecule has 2 amide bonds. The molecule has 8 heteroatoms. The average molecular weight is 545 g/mol. The number of aromatic nitrogens is 2. The predicted molar refractivity (Wildman–Crippen MR) is 145 cm³/mol. The molecule has 0 unspecified atom stereocenters. The van der Waals surface area contributed by atoms with Gasteiger partial charge in [0.2, 0.25) is 0 Å². The van der Waals surface area contributed by atoms with Crippen LogP contribution in [0.5, 0.6) is 0 Å². The van der Waals surface area contributed by atoms with Gasteiger partial charge in [-0.15, -0.1) is 0 Å². The number of nitrogens with one attached hydrogen (secondary N) is 2. The van der Waals surface area contributed by atoms with Gasteiger partial charge in [-0.05, 0) is 61.9 Å². The molecule has 0 saturated heterocycles. The number of benzene rings is 3. The molecule has 4 rings (SSSR count). The molecule has 0 aliphatic heterocycles. The number of halogens is 1. The number of nitrogens with zero attached hydrogens (tertiary/aromatic N) is 2. The minimum atomic E-state index is -0.607. The normalized spacial score (nSPS) is 11.3. The van der Waals surface area contributed by atoms with Crippen LogP contribution in [0.25, 0.3) is 11.8 Å². The predicted octanol–water partition coefficient (Wildman–Crippen LogP) is 4.96. The molecular weight excluding hydrogens is 520 g/mol. The molecule has 36 heavy (non-hydrogen) atoms. The summed E-state index contributed by atoms with van der Waals surface area (Å²) < 4.78 is 4.04. The minimum Gasteiger partial charge on any atom is -0.317 e. The molecule has 1 heterocycles. The van der Waals surface area contributed by atoms with Gasteiger partial charge in [-0.1, -0.05) is 64.0 Å². The van der Waals surface area contributed by atoms with Crippen molar-refractivity contribution in [2.75, 3.05) is 5.32 Å². The van der Waals surface area contributed by atoms with Crippen LogP contribution in [0, 0.1) is 13.8 Å². The Morgan fingerprint density at radius 2 is 1.53 bits per heavy atom. The maximum atomic E-state index is 13.4. The second-order valence-electron chi connectivity index (χ2n) is 8.32. The van der Waals surface area contributed by atoms with Gasteiger partial charge in [0, 0.05) is 17.1 Å². The van der Waals surface area contributed by atoms with E-state index in [2.05, 4.69) is 26.6 Å². The van der Waals surface area contributed by atoms with Crippen molar-refractivity contribution in [1.29, 1.82) is 0 Å². The highest BCUT2D eigenvalue weighted by Gasteiger charge is 2.21. The van der Waals surface area contributed by atoms with E-state index in [9.17, 15) is 14.4 Å². The summed E-state index contributed by atoms with van der Waals surface area (Å²) in [5.41, 5.74) is 3.16. The van der Waals surface area contributed by atoms with Gasteiger partial charge in [0.25, 0.3) is 17.4 Å². The van der Waals surface area contributed by atoms with Crippen LogP contribution in [-0.2, 0) is 11.8 Å². The van der Waals surface area contributed by atoms with Crippen LogP contribution in [0.3, 0.4) is 0 Å². The van der Waals surface area contributed by atoms with Crippen LogP contribution >= 0.6 is 15.9 Å². The molecule has 0 atom stereocenters. The molecule has 7 nitrogen and oxygen atoms in total. The Labute approximate surface area is 217 Å². The molecule has 0 aliphatic rings. The maximum absolute atomic E-state index is 13.4. The smallest absolute Gasteiger partial charge is 0.295 e. The van der Waals surface area contributed by atoms with Crippen LogP contribution in [0.15, 0.2) is 93.8 Å².